The Bertz CT molecular complexity index is 637. The van der Waals surface area contributed by atoms with E-state index in [9.17, 15) is 21.9 Å². The van der Waals surface area contributed by atoms with E-state index in [1.165, 1.54) is 6.07 Å². The van der Waals surface area contributed by atoms with Crippen molar-refractivity contribution < 1.29 is 21.9 Å². The second-order valence-electron chi connectivity index (χ2n) is 3.55. The Labute approximate surface area is 106 Å². The highest BCUT2D eigenvalue weighted by atomic mass is 32.2. The fraction of sp³-hybridized carbons (Fsp3) is 0.333. The molecule has 0 bridgehead atoms. The molecule has 0 saturated carbocycles. The van der Waals surface area contributed by atoms with Crippen LogP contribution in [0.2, 0.25) is 0 Å². The van der Waals surface area contributed by atoms with Gasteiger partial charge in [0, 0.05) is 12.8 Å². The minimum atomic E-state index is -3.82. The lowest BCUT2D eigenvalue weighted by atomic mass is 10.3. The van der Waals surface area contributed by atoms with Gasteiger partial charge in [0.15, 0.2) is 9.84 Å². The van der Waals surface area contributed by atoms with Crippen molar-refractivity contribution in [3.05, 3.63) is 18.2 Å². The van der Waals surface area contributed by atoms with Gasteiger partial charge >= 0.3 is 0 Å². The molecule has 0 aliphatic rings. The third-order valence-corrected chi connectivity index (χ3v) is 4.24. The van der Waals surface area contributed by atoms with Gasteiger partial charge in [0.1, 0.15) is 5.75 Å². The molecule has 0 fully saturated rings. The zero-order valence-electron chi connectivity index (χ0n) is 9.84. The van der Waals surface area contributed by atoms with Crippen molar-refractivity contribution in [2.75, 3.05) is 17.5 Å². The SMILES string of the molecule is CCNS(=O)(=O)Nc1cc(S(C)(=O)=O)ccc1O. The van der Waals surface area contributed by atoms with Gasteiger partial charge in [0.05, 0.1) is 10.6 Å². The number of nitrogens with one attached hydrogen (secondary N) is 2. The molecule has 0 spiro atoms. The standard InChI is InChI=1S/C9H14N2O5S2/c1-3-10-18(15,16)11-8-6-7(17(2,13)14)4-5-9(8)12/h4-6,10-12H,3H2,1-2H3. The van der Waals surface area contributed by atoms with Gasteiger partial charge < -0.3 is 5.11 Å². The first-order chi connectivity index (χ1) is 8.15. The lowest BCUT2D eigenvalue weighted by Gasteiger charge is -2.10. The van der Waals surface area contributed by atoms with Crippen molar-refractivity contribution in [1.82, 2.24) is 4.72 Å². The molecule has 0 heterocycles. The van der Waals surface area contributed by atoms with Crippen LogP contribution in [-0.4, -0.2) is 34.7 Å². The quantitative estimate of drug-likeness (QED) is 0.665. The molecule has 1 aromatic rings. The van der Waals surface area contributed by atoms with Crippen molar-refractivity contribution >= 4 is 25.7 Å². The van der Waals surface area contributed by atoms with E-state index in [4.69, 9.17) is 0 Å². The third-order valence-electron chi connectivity index (χ3n) is 1.97. The third kappa shape index (κ3) is 3.86. The van der Waals surface area contributed by atoms with Gasteiger partial charge in [-0.3, -0.25) is 4.72 Å². The minimum absolute atomic E-state index is 0.0884. The number of benzene rings is 1. The number of hydrogen-bond donors (Lipinski definition) is 3. The molecule has 0 unspecified atom stereocenters. The Morgan fingerprint density at radius 3 is 2.33 bits per heavy atom. The van der Waals surface area contributed by atoms with Crippen molar-refractivity contribution in [3.63, 3.8) is 0 Å². The Morgan fingerprint density at radius 2 is 1.83 bits per heavy atom. The number of hydrogen-bond acceptors (Lipinski definition) is 5. The summed E-state index contributed by atoms with van der Waals surface area (Å²) >= 11 is 0. The summed E-state index contributed by atoms with van der Waals surface area (Å²) in [5.41, 5.74) is -0.195. The fourth-order valence-electron chi connectivity index (χ4n) is 1.20. The molecule has 3 N–H and O–H groups in total. The molecule has 0 saturated heterocycles. The van der Waals surface area contributed by atoms with Gasteiger partial charge in [0.2, 0.25) is 0 Å². The highest BCUT2D eigenvalue weighted by molar-refractivity contribution is 7.91. The van der Waals surface area contributed by atoms with Crippen molar-refractivity contribution in [1.29, 1.82) is 0 Å². The number of rotatable bonds is 5. The van der Waals surface area contributed by atoms with E-state index in [-0.39, 0.29) is 22.9 Å². The van der Waals surface area contributed by atoms with Crippen LogP contribution in [0.25, 0.3) is 0 Å². The molecule has 102 valence electrons. The van der Waals surface area contributed by atoms with E-state index < -0.39 is 20.0 Å². The van der Waals surface area contributed by atoms with E-state index in [1.54, 1.807) is 6.92 Å². The lowest BCUT2D eigenvalue weighted by Crippen LogP contribution is -2.29. The summed E-state index contributed by atoms with van der Waals surface area (Å²) in [7, 11) is -7.30. The number of anilines is 1. The summed E-state index contributed by atoms with van der Waals surface area (Å²) in [5, 5.41) is 9.48. The lowest BCUT2D eigenvalue weighted by molar-refractivity contribution is 0.477. The second-order valence-corrected chi connectivity index (χ2v) is 7.07. The van der Waals surface area contributed by atoms with Crippen molar-refractivity contribution in [2.45, 2.75) is 11.8 Å². The molecular formula is C9H14N2O5S2. The summed E-state index contributed by atoms with van der Waals surface area (Å²) in [6, 6.07) is 3.36. The van der Waals surface area contributed by atoms with E-state index >= 15 is 0 Å². The molecular weight excluding hydrogens is 280 g/mol. The van der Waals surface area contributed by atoms with Crippen molar-refractivity contribution in [2.24, 2.45) is 0 Å². The van der Waals surface area contributed by atoms with Gasteiger partial charge in [-0.2, -0.15) is 13.1 Å². The zero-order valence-corrected chi connectivity index (χ0v) is 11.5. The first kappa shape index (κ1) is 14.7. The summed E-state index contributed by atoms with van der Waals surface area (Å²) in [5.74, 6) is -0.358. The first-order valence-corrected chi connectivity index (χ1v) is 8.33. The highest BCUT2D eigenvalue weighted by Crippen LogP contribution is 2.26. The molecule has 1 aromatic carbocycles. The average molecular weight is 294 g/mol. The maximum atomic E-state index is 11.4. The number of phenols is 1. The topological polar surface area (TPSA) is 113 Å². The number of phenolic OH excluding ortho intramolecular Hbond substituents is 1. The van der Waals surface area contributed by atoms with Crippen LogP contribution in [0.5, 0.6) is 5.75 Å². The van der Waals surface area contributed by atoms with E-state index in [0.717, 1.165) is 18.4 Å². The van der Waals surface area contributed by atoms with Gasteiger partial charge in [-0.05, 0) is 18.2 Å². The van der Waals surface area contributed by atoms with E-state index in [0.29, 0.717) is 0 Å². The molecule has 1 rings (SSSR count). The Hall–Kier alpha value is -1.32. The fourth-order valence-corrected chi connectivity index (χ4v) is 2.75. The van der Waals surface area contributed by atoms with Gasteiger partial charge in [-0.15, -0.1) is 0 Å². The first-order valence-electron chi connectivity index (χ1n) is 4.96. The summed E-state index contributed by atoms with van der Waals surface area (Å²) < 4.78 is 49.7. The highest BCUT2D eigenvalue weighted by Gasteiger charge is 2.15. The van der Waals surface area contributed by atoms with Crippen LogP contribution in [0, 0.1) is 0 Å². The zero-order chi connectivity index (χ0) is 14.0. The molecule has 0 amide bonds. The van der Waals surface area contributed by atoms with Crippen LogP contribution >= 0.6 is 0 Å². The average Bonchev–Trinajstić information content (AvgIpc) is 2.19. The largest absolute Gasteiger partial charge is 0.506 e. The number of sulfone groups is 1. The summed E-state index contributed by atoms with van der Waals surface area (Å²) in [4.78, 5) is -0.0884. The summed E-state index contributed by atoms with van der Waals surface area (Å²) in [6.07, 6.45) is 0.988. The molecule has 0 radical (unpaired) electrons. The van der Waals surface area contributed by atoms with Crippen LogP contribution < -0.4 is 9.44 Å². The second kappa shape index (κ2) is 5.12. The Morgan fingerprint density at radius 1 is 1.22 bits per heavy atom. The van der Waals surface area contributed by atoms with Crippen molar-refractivity contribution in [3.8, 4) is 5.75 Å². The Kier molecular flexibility index (Phi) is 4.20. The van der Waals surface area contributed by atoms with Crippen LogP contribution in [-0.2, 0) is 20.0 Å². The maximum Gasteiger partial charge on any atom is 0.299 e. The molecule has 0 aliphatic carbocycles. The van der Waals surface area contributed by atoms with Crippen LogP contribution in [0.4, 0.5) is 5.69 Å². The molecule has 0 aromatic heterocycles. The van der Waals surface area contributed by atoms with E-state index in [1.807, 2.05) is 4.72 Å². The number of aromatic hydroxyl groups is 1. The summed E-state index contributed by atoms with van der Waals surface area (Å²) in [6.45, 7) is 1.76. The normalized spacial score (nSPS) is 12.3. The molecule has 7 nitrogen and oxygen atoms in total. The molecule has 18 heavy (non-hydrogen) atoms. The van der Waals surface area contributed by atoms with Gasteiger partial charge in [-0.25, -0.2) is 8.42 Å². The van der Waals surface area contributed by atoms with Crippen LogP contribution in [0.1, 0.15) is 6.92 Å². The van der Waals surface area contributed by atoms with Gasteiger partial charge in [0.25, 0.3) is 10.2 Å². The van der Waals surface area contributed by atoms with Crippen LogP contribution in [0.3, 0.4) is 0 Å². The van der Waals surface area contributed by atoms with Crippen LogP contribution in [0.15, 0.2) is 23.1 Å². The van der Waals surface area contributed by atoms with E-state index in [2.05, 4.69) is 4.72 Å². The smallest absolute Gasteiger partial charge is 0.299 e. The minimum Gasteiger partial charge on any atom is -0.506 e. The Balaban J connectivity index is 3.18. The predicted octanol–water partition coefficient (Wildman–Crippen LogP) is 0.0619. The molecule has 0 aliphatic heterocycles. The molecule has 0 atom stereocenters. The van der Waals surface area contributed by atoms with Gasteiger partial charge in [-0.1, -0.05) is 6.92 Å². The molecule has 9 heteroatoms. The monoisotopic (exact) mass is 294 g/mol. The predicted molar refractivity (Wildman–Crippen MR) is 67.4 cm³/mol. The maximum absolute atomic E-state index is 11.4.